The van der Waals surface area contributed by atoms with Gasteiger partial charge in [0, 0.05) is 12.3 Å². The molecule has 0 unspecified atom stereocenters. The molecule has 0 spiro atoms. The molecule has 1 aromatic carbocycles. The molecule has 1 heterocycles. The van der Waals surface area contributed by atoms with Crippen molar-refractivity contribution < 1.29 is 27.0 Å². The number of rotatable bonds is 3. The third-order valence-corrected chi connectivity index (χ3v) is 2.00. The first kappa shape index (κ1) is 13.1. The summed E-state index contributed by atoms with van der Waals surface area (Å²) in [6.07, 6.45) is -3.69. The van der Waals surface area contributed by atoms with Crippen LogP contribution in [0.5, 0.6) is 17.2 Å². The van der Waals surface area contributed by atoms with E-state index in [1.807, 2.05) is 0 Å². The largest absolute Gasteiger partial charge is 0.573 e. The first-order valence-corrected chi connectivity index (χ1v) is 5.08. The Balaban J connectivity index is 2.25. The molecular formula is C12H7F4NO2. The average Bonchev–Trinajstić information content (AvgIpc) is 2.30. The zero-order valence-corrected chi connectivity index (χ0v) is 9.32. The summed E-state index contributed by atoms with van der Waals surface area (Å²) in [7, 11) is 0. The van der Waals surface area contributed by atoms with Crippen LogP contribution in [0.25, 0.3) is 0 Å². The summed E-state index contributed by atoms with van der Waals surface area (Å²) in [5.41, 5.74) is 0. The van der Waals surface area contributed by atoms with Crippen molar-refractivity contribution >= 4 is 0 Å². The molecule has 0 fully saturated rings. The van der Waals surface area contributed by atoms with Crippen molar-refractivity contribution in [2.75, 3.05) is 0 Å². The van der Waals surface area contributed by atoms with E-state index in [9.17, 15) is 17.6 Å². The standard InChI is InChI=1S/C12H7F4NO2/c13-11-7-8(5-6-17-11)18-9-3-1-2-4-10(9)19-12(14,15)16/h1-7H. The van der Waals surface area contributed by atoms with Crippen LogP contribution in [0.15, 0.2) is 42.6 Å². The van der Waals surface area contributed by atoms with E-state index in [1.165, 1.54) is 24.3 Å². The van der Waals surface area contributed by atoms with Gasteiger partial charge in [0.1, 0.15) is 5.75 Å². The number of aromatic nitrogens is 1. The van der Waals surface area contributed by atoms with Gasteiger partial charge >= 0.3 is 6.36 Å². The Hall–Kier alpha value is -2.31. The van der Waals surface area contributed by atoms with Gasteiger partial charge in [-0.15, -0.1) is 13.2 Å². The molecule has 0 amide bonds. The van der Waals surface area contributed by atoms with E-state index in [2.05, 4.69) is 9.72 Å². The maximum absolute atomic E-state index is 12.8. The smallest absolute Gasteiger partial charge is 0.453 e. The fourth-order valence-electron chi connectivity index (χ4n) is 1.32. The topological polar surface area (TPSA) is 31.4 Å². The minimum atomic E-state index is -4.83. The van der Waals surface area contributed by atoms with Gasteiger partial charge in [-0.3, -0.25) is 0 Å². The van der Waals surface area contributed by atoms with Crippen molar-refractivity contribution in [2.45, 2.75) is 6.36 Å². The number of nitrogens with zero attached hydrogens (tertiary/aromatic N) is 1. The maximum atomic E-state index is 12.8. The Morgan fingerprint density at radius 1 is 1.00 bits per heavy atom. The highest BCUT2D eigenvalue weighted by molar-refractivity contribution is 5.42. The van der Waals surface area contributed by atoms with Gasteiger partial charge in [0.15, 0.2) is 11.5 Å². The van der Waals surface area contributed by atoms with E-state index in [-0.39, 0.29) is 11.5 Å². The van der Waals surface area contributed by atoms with Crippen molar-refractivity contribution in [3.8, 4) is 17.2 Å². The van der Waals surface area contributed by atoms with Gasteiger partial charge in [0.05, 0.1) is 0 Å². The van der Waals surface area contributed by atoms with Crippen LogP contribution in [0.2, 0.25) is 0 Å². The van der Waals surface area contributed by atoms with Crippen LogP contribution in [0.4, 0.5) is 17.6 Å². The fraction of sp³-hybridized carbons (Fsp3) is 0.0833. The molecule has 0 aliphatic heterocycles. The lowest BCUT2D eigenvalue weighted by molar-refractivity contribution is -0.275. The second-order valence-corrected chi connectivity index (χ2v) is 3.41. The van der Waals surface area contributed by atoms with Gasteiger partial charge < -0.3 is 9.47 Å². The van der Waals surface area contributed by atoms with Gasteiger partial charge in [-0.1, -0.05) is 12.1 Å². The zero-order valence-electron chi connectivity index (χ0n) is 9.32. The normalized spacial score (nSPS) is 11.2. The molecule has 0 bridgehead atoms. The summed E-state index contributed by atoms with van der Waals surface area (Å²) in [6.45, 7) is 0. The molecule has 1 aromatic heterocycles. The van der Waals surface area contributed by atoms with Crippen LogP contribution in [0.3, 0.4) is 0 Å². The molecule has 19 heavy (non-hydrogen) atoms. The van der Waals surface area contributed by atoms with Crippen LogP contribution >= 0.6 is 0 Å². The summed E-state index contributed by atoms with van der Waals surface area (Å²) < 4.78 is 58.3. The molecule has 2 aromatic rings. The predicted octanol–water partition coefficient (Wildman–Crippen LogP) is 3.91. The van der Waals surface area contributed by atoms with E-state index >= 15 is 0 Å². The Kier molecular flexibility index (Phi) is 3.55. The van der Waals surface area contributed by atoms with E-state index in [0.717, 1.165) is 18.3 Å². The van der Waals surface area contributed by atoms with E-state index in [4.69, 9.17) is 4.74 Å². The summed E-state index contributed by atoms with van der Waals surface area (Å²) in [5, 5.41) is 0. The first-order valence-electron chi connectivity index (χ1n) is 5.08. The molecular weight excluding hydrogens is 266 g/mol. The maximum Gasteiger partial charge on any atom is 0.573 e. The molecule has 0 radical (unpaired) electrons. The number of para-hydroxylation sites is 2. The molecule has 2 rings (SSSR count). The number of hydrogen-bond donors (Lipinski definition) is 0. The Morgan fingerprint density at radius 3 is 2.32 bits per heavy atom. The number of halogens is 4. The van der Waals surface area contributed by atoms with Gasteiger partial charge in [-0.05, 0) is 18.2 Å². The van der Waals surface area contributed by atoms with E-state index < -0.39 is 18.1 Å². The van der Waals surface area contributed by atoms with Crippen molar-refractivity contribution in [3.63, 3.8) is 0 Å². The highest BCUT2D eigenvalue weighted by Crippen LogP contribution is 2.34. The van der Waals surface area contributed by atoms with Crippen molar-refractivity contribution in [3.05, 3.63) is 48.5 Å². The number of alkyl halides is 3. The average molecular weight is 273 g/mol. The Morgan fingerprint density at radius 2 is 1.68 bits per heavy atom. The summed E-state index contributed by atoms with van der Waals surface area (Å²) in [5.74, 6) is -1.46. The lowest BCUT2D eigenvalue weighted by Crippen LogP contribution is -2.17. The molecule has 0 saturated carbocycles. The number of pyridine rings is 1. The number of hydrogen-bond acceptors (Lipinski definition) is 3. The first-order chi connectivity index (χ1) is 8.94. The van der Waals surface area contributed by atoms with Gasteiger partial charge in [-0.25, -0.2) is 4.98 Å². The van der Waals surface area contributed by atoms with Crippen LogP contribution in [0.1, 0.15) is 0 Å². The molecule has 0 aliphatic rings. The summed E-state index contributed by atoms with van der Waals surface area (Å²) in [6, 6.07) is 7.47. The Bertz CT molecular complexity index is 572. The van der Waals surface area contributed by atoms with Gasteiger partial charge in [0.25, 0.3) is 0 Å². The minimum Gasteiger partial charge on any atom is -0.453 e. The van der Waals surface area contributed by atoms with E-state index in [0.29, 0.717) is 0 Å². The molecule has 0 N–H and O–H groups in total. The molecule has 100 valence electrons. The summed E-state index contributed by atoms with van der Waals surface area (Å²) in [4.78, 5) is 3.31. The van der Waals surface area contributed by atoms with Crippen molar-refractivity contribution in [1.82, 2.24) is 4.98 Å². The quantitative estimate of drug-likeness (QED) is 0.627. The SMILES string of the molecule is Fc1cc(Oc2ccccc2OC(F)(F)F)ccn1. The molecule has 7 heteroatoms. The lowest BCUT2D eigenvalue weighted by atomic mass is 10.3. The van der Waals surface area contributed by atoms with Crippen LogP contribution < -0.4 is 9.47 Å². The van der Waals surface area contributed by atoms with Gasteiger partial charge in [0.2, 0.25) is 5.95 Å². The van der Waals surface area contributed by atoms with Gasteiger partial charge in [-0.2, -0.15) is 4.39 Å². The third-order valence-electron chi connectivity index (χ3n) is 2.00. The second-order valence-electron chi connectivity index (χ2n) is 3.41. The molecule has 3 nitrogen and oxygen atoms in total. The number of ether oxygens (including phenoxy) is 2. The number of benzene rings is 1. The van der Waals surface area contributed by atoms with E-state index in [1.54, 1.807) is 0 Å². The molecule has 0 saturated heterocycles. The highest BCUT2D eigenvalue weighted by atomic mass is 19.4. The molecule has 0 atom stereocenters. The van der Waals surface area contributed by atoms with Crippen LogP contribution in [-0.4, -0.2) is 11.3 Å². The van der Waals surface area contributed by atoms with Crippen molar-refractivity contribution in [1.29, 1.82) is 0 Å². The lowest BCUT2D eigenvalue weighted by Gasteiger charge is -2.13. The minimum absolute atomic E-state index is 0.0192. The van der Waals surface area contributed by atoms with Crippen LogP contribution in [-0.2, 0) is 0 Å². The zero-order chi connectivity index (χ0) is 13.9. The predicted molar refractivity (Wildman–Crippen MR) is 57.4 cm³/mol. The van der Waals surface area contributed by atoms with Crippen LogP contribution in [0, 0.1) is 5.95 Å². The monoisotopic (exact) mass is 273 g/mol. The Labute approximate surface area is 105 Å². The second kappa shape index (κ2) is 5.13. The summed E-state index contributed by atoms with van der Waals surface area (Å²) >= 11 is 0. The van der Waals surface area contributed by atoms with Crippen molar-refractivity contribution in [2.24, 2.45) is 0 Å². The third kappa shape index (κ3) is 3.84. The fourth-order valence-corrected chi connectivity index (χ4v) is 1.32. The molecule has 0 aliphatic carbocycles. The highest BCUT2D eigenvalue weighted by Gasteiger charge is 2.32.